The number of rotatable bonds is 0. The number of nitrogens with zero attached hydrogens (tertiary/aromatic N) is 2. The highest BCUT2D eigenvalue weighted by Crippen LogP contribution is 2.36. The molecular weight excluding hydrogens is 208 g/mol. The van der Waals surface area contributed by atoms with Gasteiger partial charge >= 0.3 is 0 Å². The molecule has 0 aromatic carbocycles. The zero-order chi connectivity index (χ0) is 11.2. The Morgan fingerprint density at radius 3 is 2.94 bits per heavy atom. The molecule has 2 nitrogen and oxygen atoms in total. The van der Waals surface area contributed by atoms with Crippen LogP contribution in [0, 0.1) is 0 Å². The van der Waals surface area contributed by atoms with Crippen LogP contribution in [-0.2, 0) is 0 Å². The fourth-order valence-corrected chi connectivity index (χ4v) is 2.87. The summed E-state index contributed by atoms with van der Waals surface area (Å²) in [4.78, 5) is 6.68. The van der Waals surface area contributed by atoms with Crippen LogP contribution in [0.15, 0.2) is 76.5 Å². The molecule has 2 atom stereocenters. The monoisotopic (exact) mass is 220 g/mol. The normalized spacial score (nSPS) is 31.5. The molecule has 4 aliphatic rings. The second-order valence-electron chi connectivity index (χ2n) is 4.60. The van der Waals surface area contributed by atoms with Crippen molar-refractivity contribution in [3.63, 3.8) is 0 Å². The minimum absolute atomic E-state index is 0.334. The predicted molar refractivity (Wildman–Crippen MR) is 69.6 cm³/mol. The zero-order valence-electron chi connectivity index (χ0n) is 9.32. The summed E-state index contributed by atoms with van der Waals surface area (Å²) in [6.45, 7) is 0. The largest absolute Gasteiger partial charge is 0.341 e. The second-order valence-corrected chi connectivity index (χ2v) is 4.60. The van der Waals surface area contributed by atoms with E-state index in [1.165, 1.54) is 16.7 Å². The van der Waals surface area contributed by atoms with Gasteiger partial charge in [0.25, 0.3) is 0 Å². The summed E-state index contributed by atoms with van der Waals surface area (Å²) in [6, 6.07) is 0.684. The van der Waals surface area contributed by atoms with Gasteiger partial charge < -0.3 is 4.90 Å². The molecule has 0 N–H and O–H groups in total. The molecule has 0 saturated carbocycles. The summed E-state index contributed by atoms with van der Waals surface area (Å²) in [6.07, 6.45) is 21.3. The molecule has 0 saturated heterocycles. The molecule has 2 unspecified atom stereocenters. The highest BCUT2D eigenvalue weighted by molar-refractivity contribution is 5.69. The Morgan fingerprint density at radius 1 is 1.00 bits per heavy atom. The molecule has 2 heteroatoms. The third-order valence-electron chi connectivity index (χ3n) is 3.62. The van der Waals surface area contributed by atoms with Crippen LogP contribution in [0.3, 0.4) is 0 Å². The molecule has 2 aliphatic heterocycles. The summed E-state index contributed by atoms with van der Waals surface area (Å²) >= 11 is 0. The molecular formula is C15H12N2. The second kappa shape index (κ2) is 3.20. The van der Waals surface area contributed by atoms with Crippen molar-refractivity contribution in [2.24, 2.45) is 4.99 Å². The van der Waals surface area contributed by atoms with Crippen molar-refractivity contribution < 1.29 is 0 Å². The van der Waals surface area contributed by atoms with Gasteiger partial charge in [0.15, 0.2) is 0 Å². The molecule has 2 aliphatic carbocycles. The van der Waals surface area contributed by atoms with Crippen LogP contribution in [0.2, 0.25) is 0 Å². The van der Waals surface area contributed by atoms with Crippen LogP contribution in [0.25, 0.3) is 0 Å². The Labute approximate surface area is 100 Å². The van der Waals surface area contributed by atoms with Crippen molar-refractivity contribution in [2.75, 3.05) is 0 Å². The van der Waals surface area contributed by atoms with E-state index >= 15 is 0 Å². The van der Waals surface area contributed by atoms with Crippen LogP contribution < -0.4 is 0 Å². The minimum atomic E-state index is 0.334. The zero-order valence-corrected chi connectivity index (χ0v) is 9.32. The van der Waals surface area contributed by atoms with E-state index in [9.17, 15) is 0 Å². The quantitative estimate of drug-likeness (QED) is 0.612. The van der Waals surface area contributed by atoms with Crippen LogP contribution in [0.5, 0.6) is 0 Å². The lowest BCUT2D eigenvalue weighted by atomic mass is 9.83. The Kier molecular flexibility index (Phi) is 1.69. The smallest absolute Gasteiger partial charge is 0.0920 e. The fraction of sp³-hybridized carbons (Fsp3) is 0.133. The van der Waals surface area contributed by atoms with Gasteiger partial charge in [-0.15, -0.1) is 0 Å². The summed E-state index contributed by atoms with van der Waals surface area (Å²) in [7, 11) is 0. The number of hydrogen-bond acceptors (Lipinski definition) is 2. The summed E-state index contributed by atoms with van der Waals surface area (Å²) < 4.78 is 0. The first-order valence-corrected chi connectivity index (χ1v) is 5.89. The fourth-order valence-electron chi connectivity index (χ4n) is 2.87. The molecule has 0 aromatic heterocycles. The first-order valence-electron chi connectivity index (χ1n) is 5.89. The molecule has 0 radical (unpaired) electrons. The average Bonchev–Trinajstić information content (AvgIpc) is 2.39. The van der Waals surface area contributed by atoms with Gasteiger partial charge in [-0.3, -0.25) is 0 Å². The number of hydrogen-bond donors (Lipinski definition) is 0. The molecule has 0 fully saturated rings. The predicted octanol–water partition coefficient (Wildman–Crippen LogP) is 2.51. The van der Waals surface area contributed by atoms with Gasteiger partial charge in [-0.2, -0.15) is 0 Å². The lowest BCUT2D eigenvalue weighted by Crippen LogP contribution is -2.48. The molecule has 82 valence electrons. The van der Waals surface area contributed by atoms with Crippen molar-refractivity contribution in [3.8, 4) is 0 Å². The maximum atomic E-state index is 4.35. The van der Waals surface area contributed by atoms with Crippen molar-refractivity contribution in [2.45, 2.75) is 12.1 Å². The molecule has 0 bridgehead atoms. The van der Waals surface area contributed by atoms with E-state index in [1.54, 1.807) is 0 Å². The first-order chi connectivity index (χ1) is 8.43. The van der Waals surface area contributed by atoms with Gasteiger partial charge in [0.1, 0.15) is 0 Å². The van der Waals surface area contributed by atoms with Gasteiger partial charge in [0, 0.05) is 6.20 Å². The topological polar surface area (TPSA) is 15.6 Å². The number of allylic oxidation sites excluding steroid dienone is 4. The average molecular weight is 220 g/mol. The SMILES string of the molecule is C1=CC2=CC3=CC=CC4=CN=CN(C2C=C1)C34. The highest BCUT2D eigenvalue weighted by Gasteiger charge is 2.35. The van der Waals surface area contributed by atoms with E-state index in [2.05, 4.69) is 58.5 Å². The van der Waals surface area contributed by atoms with Gasteiger partial charge in [-0.1, -0.05) is 48.6 Å². The molecule has 0 aromatic rings. The summed E-state index contributed by atoms with van der Waals surface area (Å²) in [5, 5.41) is 0. The Balaban J connectivity index is 1.93. The lowest BCUT2D eigenvalue weighted by molar-refractivity contribution is 0.355. The minimum Gasteiger partial charge on any atom is -0.341 e. The van der Waals surface area contributed by atoms with Crippen LogP contribution in [-0.4, -0.2) is 23.3 Å². The van der Waals surface area contributed by atoms with Gasteiger partial charge in [-0.05, 0) is 16.7 Å². The van der Waals surface area contributed by atoms with E-state index in [4.69, 9.17) is 0 Å². The standard InChI is InChI=1S/C15H12N2/c1-2-7-14-11(4-1)8-12-5-3-6-13-9-16-10-17(14)15(12)13/h1-10,14-15H. The molecule has 2 heterocycles. The third kappa shape index (κ3) is 1.18. The van der Waals surface area contributed by atoms with Gasteiger partial charge in [0.05, 0.1) is 18.4 Å². The van der Waals surface area contributed by atoms with Crippen molar-refractivity contribution in [1.82, 2.24) is 4.90 Å². The molecule has 4 rings (SSSR count). The van der Waals surface area contributed by atoms with E-state index in [0.29, 0.717) is 12.1 Å². The molecule has 17 heavy (non-hydrogen) atoms. The summed E-state index contributed by atoms with van der Waals surface area (Å²) in [5.74, 6) is 0. The van der Waals surface area contributed by atoms with E-state index in [0.717, 1.165) is 0 Å². The first kappa shape index (κ1) is 8.99. The Morgan fingerprint density at radius 2 is 1.94 bits per heavy atom. The Hall–Kier alpha value is -2.09. The number of fused-ring (bicyclic) bond motifs is 2. The number of aliphatic imine (C=N–C) groups is 1. The summed E-state index contributed by atoms with van der Waals surface area (Å²) in [5.41, 5.74) is 3.98. The van der Waals surface area contributed by atoms with Gasteiger partial charge in [-0.25, -0.2) is 4.99 Å². The van der Waals surface area contributed by atoms with Crippen LogP contribution in [0.1, 0.15) is 0 Å². The van der Waals surface area contributed by atoms with Gasteiger partial charge in [0.2, 0.25) is 0 Å². The van der Waals surface area contributed by atoms with Crippen molar-refractivity contribution >= 4 is 6.34 Å². The molecule has 0 amide bonds. The maximum absolute atomic E-state index is 4.35. The van der Waals surface area contributed by atoms with E-state index in [-0.39, 0.29) is 0 Å². The maximum Gasteiger partial charge on any atom is 0.0920 e. The van der Waals surface area contributed by atoms with Crippen molar-refractivity contribution in [1.29, 1.82) is 0 Å². The highest BCUT2D eigenvalue weighted by atomic mass is 15.2. The van der Waals surface area contributed by atoms with E-state index < -0.39 is 0 Å². The Bertz CT molecular complexity index is 582. The molecule has 0 spiro atoms. The van der Waals surface area contributed by atoms with Crippen LogP contribution >= 0.6 is 0 Å². The third-order valence-corrected chi connectivity index (χ3v) is 3.62. The van der Waals surface area contributed by atoms with Crippen molar-refractivity contribution in [3.05, 3.63) is 71.5 Å². The lowest BCUT2D eigenvalue weighted by Gasteiger charge is -2.44. The van der Waals surface area contributed by atoms with Crippen LogP contribution in [0.4, 0.5) is 0 Å². The van der Waals surface area contributed by atoms with E-state index in [1.807, 2.05) is 12.5 Å².